The second-order valence-electron chi connectivity index (χ2n) is 3.72. The number of hydrogen-bond acceptors (Lipinski definition) is 2. The summed E-state index contributed by atoms with van der Waals surface area (Å²) in [5, 5.41) is 2.75. The Kier molecular flexibility index (Phi) is 1.67. The average Bonchev–Trinajstić information content (AvgIpc) is 2.41. The fourth-order valence-corrected chi connectivity index (χ4v) is 2.27. The highest BCUT2D eigenvalue weighted by Gasteiger charge is 2.48. The molecule has 2 rings (SSSR count). The van der Waals surface area contributed by atoms with Crippen LogP contribution in [0.5, 0.6) is 0 Å². The lowest BCUT2D eigenvalue weighted by atomic mass is 9.72. The van der Waals surface area contributed by atoms with Crippen LogP contribution in [0.25, 0.3) is 0 Å². The van der Waals surface area contributed by atoms with Gasteiger partial charge in [0, 0.05) is 13.0 Å². The lowest BCUT2D eigenvalue weighted by molar-refractivity contribution is -0.141. The molecule has 1 aliphatic heterocycles. The number of ketones is 1. The maximum atomic E-state index is 11.6. The number of rotatable bonds is 0. The zero-order chi connectivity index (χ0) is 8.60. The molecule has 2 aliphatic rings. The number of amides is 1. The van der Waals surface area contributed by atoms with Crippen LogP contribution in [0.15, 0.2) is 0 Å². The summed E-state index contributed by atoms with van der Waals surface area (Å²) in [6, 6.07) is 0. The highest BCUT2D eigenvalue weighted by Crippen LogP contribution is 2.38. The maximum absolute atomic E-state index is 11.6. The lowest BCUT2D eigenvalue weighted by Gasteiger charge is -2.28. The van der Waals surface area contributed by atoms with E-state index in [1.165, 1.54) is 0 Å². The molecule has 3 heteroatoms. The van der Waals surface area contributed by atoms with E-state index in [1.807, 2.05) is 0 Å². The predicted octanol–water partition coefficient (Wildman–Crippen LogP) is 0.636. The minimum absolute atomic E-state index is 0.0211. The van der Waals surface area contributed by atoms with Crippen LogP contribution in [0, 0.1) is 5.41 Å². The molecule has 1 heterocycles. The Morgan fingerprint density at radius 2 is 2.00 bits per heavy atom. The van der Waals surface area contributed by atoms with Crippen molar-refractivity contribution in [1.29, 1.82) is 0 Å². The second-order valence-corrected chi connectivity index (χ2v) is 3.72. The summed E-state index contributed by atoms with van der Waals surface area (Å²) < 4.78 is 0. The van der Waals surface area contributed by atoms with Crippen molar-refractivity contribution in [3.63, 3.8) is 0 Å². The third kappa shape index (κ3) is 0.886. The van der Waals surface area contributed by atoms with Crippen molar-refractivity contribution in [1.82, 2.24) is 5.32 Å². The van der Waals surface area contributed by atoms with Crippen molar-refractivity contribution >= 4 is 11.7 Å². The predicted molar refractivity (Wildman–Crippen MR) is 43.5 cm³/mol. The Hall–Kier alpha value is -0.860. The quantitative estimate of drug-likeness (QED) is 0.538. The molecule has 1 amide bonds. The molecular weight excluding hydrogens is 154 g/mol. The number of hydrogen-bond donors (Lipinski definition) is 1. The Morgan fingerprint density at radius 3 is 2.58 bits per heavy atom. The number of carbonyl (C=O) groups is 2. The van der Waals surface area contributed by atoms with Gasteiger partial charge in [-0.1, -0.05) is 6.42 Å². The van der Waals surface area contributed by atoms with Gasteiger partial charge in [0.2, 0.25) is 5.91 Å². The summed E-state index contributed by atoms with van der Waals surface area (Å²) in [5.41, 5.74) is -0.599. The van der Waals surface area contributed by atoms with Crippen molar-refractivity contribution in [2.45, 2.75) is 32.1 Å². The lowest BCUT2D eigenvalue weighted by Crippen LogP contribution is -2.40. The van der Waals surface area contributed by atoms with Crippen molar-refractivity contribution in [3.8, 4) is 0 Å². The van der Waals surface area contributed by atoms with E-state index in [1.54, 1.807) is 0 Å². The molecule has 0 unspecified atom stereocenters. The molecule has 3 nitrogen and oxygen atoms in total. The minimum atomic E-state index is -0.599. The topological polar surface area (TPSA) is 46.2 Å². The summed E-state index contributed by atoms with van der Waals surface area (Å²) in [6.07, 6.45) is 4.10. The van der Waals surface area contributed by atoms with Gasteiger partial charge >= 0.3 is 0 Å². The molecule has 2 fully saturated rings. The van der Waals surface area contributed by atoms with E-state index in [4.69, 9.17) is 0 Å². The van der Waals surface area contributed by atoms with E-state index in [0.717, 1.165) is 25.7 Å². The molecule has 12 heavy (non-hydrogen) atoms. The van der Waals surface area contributed by atoms with E-state index in [9.17, 15) is 9.59 Å². The Morgan fingerprint density at radius 1 is 1.17 bits per heavy atom. The minimum Gasteiger partial charge on any atom is -0.355 e. The van der Waals surface area contributed by atoms with Gasteiger partial charge < -0.3 is 5.32 Å². The van der Waals surface area contributed by atoms with Gasteiger partial charge in [-0.15, -0.1) is 0 Å². The zero-order valence-electron chi connectivity index (χ0n) is 7.06. The highest BCUT2D eigenvalue weighted by molar-refractivity contribution is 6.07. The fourth-order valence-electron chi connectivity index (χ4n) is 2.27. The molecule has 1 spiro atoms. The van der Waals surface area contributed by atoms with Crippen LogP contribution >= 0.6 is 0 Å². The average molecular weight is 167 g/mol. The van der Waals surface area contributed by atoms with Gasteiger partial charge in [0.1, 0.15) is 11.2 Å². The number of carbonyl (C=O) groups excluding carboxylic acids is 2. The second kappa shape index (κ2) is 2.57. The van der Waals surface area contributed by atoms with E-state index in [2.05, 4.69) is 5.32 Å². The van der Waals surface area contributed by atoms with Gasteiger partial charge in [-0.2, -0.15) is 0 Å². The summed E-state index contributed by atoms with van der Waals surface area (Å²) in [7, 11) is 0. The van der Waals surface area contributed by atoms with Gasteiger partial charge in [0.15, 0.2) is 0 Å². The monoisotopic (exact) mass is 167 g/mol. The van der Waals surface area contributed by atoms with E-state index >= 15 is 0 Å². The van der Waals surface area contributed by atoms with Gasteiger partial charge in [0.25, 0.3) is 0 Å². The van der Waals surface area contributed by atoms with Gasteiger partial charge in [-0.25, -0.2) is 0 Å². The van der Waals surface area contributed by atoms with Gasteiger partial charge in [0.05, 0.1) is 0 Å². The van der Waals surface area contributed by atoms with Gasteiger partial charge in [-0.05, 0) is 19.3 Å². The molecular formula is C9H13NO2. The van der Waals surface area contributed by atoms with Crippen molar-refractivity contribution in [3.05, 3.63) is 0 Å². The van der Waals surface area contributed by atoms with Crippen LogP contribution in [-0.2, 0) is 9.59 Å². The smallest absolute Gasteiger partial charge is 0.233 e. The van der Waals surface area contributed by atoms with E-state index in [-0.39, 0.29) is 11.7 Å². The normalized spacial score (nSPS) is 35.7. The van der Waals surface area contributed by atoms with E-state index < -0.39 is 5.41 Å². The number of Topliss-reactive ketones (excluding diaryl/α,β-unsaturated/α-hetero) is 1. The maximum Gasteiger partial charge on any atom is 0.233 e. The molecule has 1 aliphatic carbocycles. The first kappa shape index (κ1) is 7.77. The first-order chi connectivity index (χ1) is 5.76. The molecule has 0 aromatic carbocycles. The van der Waals surface area contributed by atoms with Gasteiger partial charge in [-0.3, -0.25) is 9.59 Å². The molecule has 0 bridgehead atoms. The Bertz CT molecular complexity index is 237. The summed E-state index contributed by atoms with van der Waals surface area (Å²) in [5.74, 6) is 0.149. The third-order valence-corrected chi connectivity index (χ3v) is 3.06. The molecule has 0 aromatic rings. The molecule has 1 saturated carbocycles. The molecule has 1 saturated heterocycles. The fraction of sp³-hybridized carbons (Fsp3) is 0.778. The molecule has 66 valence electrons. The van der Waals surface area contributed by atoms with E-state index in [0.29, 0.717) is 13.0 Å². The molecule has 0 aromatic heterocycles. The number of nitrogens with one attached hydrogen (secondary N) is 1. The SMILES string of the molecule is O=C1CCCC[C@]12CCNC2=O. The first-order valence-electron chi connectivity index (χ1n) is 4.57. The third-order valence-electron chi connectivity index (χ3n) is 3.06. The highest BCUT2D eigenvalue weighted by atomic mass is 16.2. The molecule has 0 radical (unpaired) electrons. The van der Waals surface area contributed by atoms with Crippen LogP contribution < -0.4 is 5.32 Å². The summed E-state index contributed by atoms with van der Waals surface area (Å²) in [6.45, 7) is 0.685. The Labute approximate surface area is 71.5 Å². The van der Waals surface area contributed by atoms with Crippen LogP contribution in [0.3, 0.4) is 0 Å². The van der Waals surface area contributed by atoms with Crippen molar-refractivity contribution in [2.24, 2.45) is 5.41 Å². The first-order valence-corrected chi connectivity index (χ1v) is 4.57. The summed E-state index contributed by atoms with van der Waals surface area (Å²) >= 11 is 0. The zero-order valence-corrected chi connectivity index (χ0v) is 7.06. The van der Waals surface area contributed by atoms with Crippen LogP contribution in [0.1, 0.15) is 32.1 Å². The van der Waals surface area contributed by atoms with Crippen LogP contribution in [0.4, 0.5) is 0 Å². The Balaban J connectivity index is 2.27. The van der Waals surface area contributed by atoms with Crippen molar-refractivity contribution < 1.29 is 9.59 Å². The largest absolute Gasteiger partial charge is 0.355 e. The summed E-state index contributed by atoms with van der Waals surface area (Å²) in [4.78, 5) is 23.0. The van der Waals surface area contributed by atoms with Crippen LogP contribution in [-0.4, -0.2) is 18.2 Å². The molecule has 1 N–H and O–H groups in total. The standard InChI is InChI=1S/C9H13NO2/c11-7-3-1-2-4-9(7)5-6-10-8(9)12/h1-6H2,(H,10,12)/t9-/m0/s1. The van der Waals surface area contributed by atoms with Crippen LogP contribution in [0.2, 0.25) is 0 Å². The molecule has 1 atom stereocenters. The van der Waals surface area contributed by atoms with Crippen molar-refractivity contribution in [2.75, 3.05) is 6.54 Å².